The summed E-state index contributed by atoms with van der Waals surface area (Å²) < 4.78 is 9.59. The first-order valence-electron chi connectivity index (χ1n) is 7.84. The Bertz CT molecular complexity index is 621. The number of methoxy groups -OCH3 is 1. The fourth-order valence-electron chi connectivity index (χ4n) is 2.41. The Morgan fingerprint density at radius 3 is 2.58 bits per heavy atom. The van der Waals surface area contributed by atoms with Gasteiger partial charge in [0, 0.05) is 6.54 Å². The van der Waals surface area contributed by atoms with Crippen LogP contribution in [0.2, 0.25) is 0 Å². The topological polar surface area (TPSA) is 81.7 Å². The lowest BCUT2D eigenvalue weighted by Gasteiger charge is -2.09. The maximum Gasteiger partial charge on any atom is 0.337 e. The van der Waals surface area contributed by atoms with Crippen LogP contribution in [-0.2, 0) is 25.6 Å². The van der Waals surface area contributed by atoms with E-state index in [1.807, 2.05) is 6.08 Å². The minimum absolute atomic E-state index is 0.230. The van der Waals surface area contributed by atoms with E-state index in [4.69, 9.17) is 4.74 Å². The standard InChI is InChI=1S/C18H21NO5/c1-23-18(22)15-8-6-14(7-9-15)11-19-16(20)12-24-17(21)10-13-4-2-3-5-13/h2,4,6-9,13H,3,5,10-12H2,1H3,(H,19,20)/t13-/m0/s1. The number of carbonyl (C=O) groups is 3. The van der Waals surface area contributed by atoms with E-state index in [0.717, 1.165) is 18.4 Å². The zero-order valence-electron chi connectivity index (χ0n) is 13.6. The second-order valence-corrected chi connectivity index (χ2v) is 5.60. The monoisotopic (exact) mass is 331 g/mol. The number of allylic oxidation sites excluding steroid dienone is 2. The van der Waals surface area contributed by atoms with Gasteiger partial charge in [-0.2, -0.15) is 0 Å². The summed E-state index contributed by atoms with van der Waals surface area (Å²) >= 11 is 0. The molecule has 1 aliphatic rings. The van der Waals surface area contributed by atoms with E-state index in [9.17, 15) is 14.4 Å². The van der Waals surface area contributed by atoms with Gasteiger partial charge in [-0.15, -0.1) is 0 Å². The predicted molar refractivity (Wildman–Crippen MR) is 87.1 cm³/mol. The highest BCUT2D eigenvalue weighted by atomic mass is 16.5. The van der Waals surface area contributed by atoms with Crippen LogP contribution in [0.25, 0.3) is 0 Å². The molecule has 128 valence electrons. The van der Waals surface area contributed by atoms with Crippen LogP contribution in [0.15, 0.2) is 36.4 Å². The molecule has 24 heavy (non-hydrogen) atoms. The second kappa shape index (κ2) is 8.86. The summed E-state index contributed by atoms with van der Waals surface area (Å²) in [6.07, 6.45) is 6.34. The van der Waals surface area contributed by atoms with Crippen LogP contribution >= 0.6 is 0 Å². The van der Waals surface area contributed by atoms with Crippen molar-refractivity contribution in [2.75, 3.05) is 13.7 Å². The summed E-state index contributed by atoms with van der Waals surface area (Å²) in [6.45, 7) is 0.0126. The van der Waals surface area contributed by atoms with Gasteiger partial charge >= 0.3 is 11.9 Å². The minimum atomic E-state index is -0.408. The Kier molecular flexibility index (Phi) is 6.54. The molecule has 0 aliphatic heterocycles. The lowest BCUT2D eigenvalue weighted by molar-refractivity contribution is -0.149. The van der Waals surface area contributed by atoms with E-state index >= 15 is 0 Å². The molecule has 0 radical (unpaired) electrons. The third kappa shape index (κ3) is 5.53. The average Bonchev–Trinajstić information content (AvgIpc) is 3.10. The minimum Gasteiger partial charge on any atom is -0.465 e. The Morgan fingerprint density at radius 2 is 1.96 bits per heavy atom. The van der Waals surface area contributed by atoms with Gasteiger partial charge in [0.05, 0.1) is 19.1 Å². The van der Waals surface area contributed by atoms with Crippen molar-refractivity contribution in [3.8, 4) is 0 Å². The maximum absolute atomic E-state index is 11.7. The van der Waals surface area contributed by atoms with Crippen LogP contribution in [0, 0.1) is 5.92 Å². The van der Waals surface area contributed by atoms with E-state index in [-0.39, 0.29) is 24.4 Å². The number of carbonyl (C=O) groups excluding carboxylic acids is 3. The van der Waals surface area contributed by atoms with Crippen LogP contribution in [0.4, 0.5) is 0 Å². The van der Waals surface area contributed by atoms with Crippen LogP contribution in [-0.4, -0.2) is 31.6 Å². The number of benzene rings is 1. The van der Waals surface area contributed by atoms with Crippen LogP contribution in [0.1, 0.15) is 35.2 Å². The summed E-state index contributed by atoms with van der Waals surface area (Å²) in [5.41, 5.74) is 1.28. The number of amides is 1. The van der Waals surface area contributed by atoms with Crippen molar-refractivity contribution >= 4 is 17.8 Å². The molecule has 0 bridgehead atoms. The first-order chi connectivity index (χ1) is 11.6. The molecule has 0 saturated heterocycles. The Labute approximate surface area is 140 Å². The van der Waals surface area contributed by atoms with E-state index in [2.05, 4.69) is 16.1 Å². The molecule has 1 amide bonds. The van der Waals surface area contributed by atoms with Gasteiger partial charge in [0.15, 0.2) is 6.61 Å². The van der Waals surface area contributed by atoms with Gasteiger partial charge in [-0.3, -0.25) is 9.59 Å². The van der Waals surface area contributed by atoms with Crippen molar-refractivity contribution in [1.82, 2.24) is 5.32 Å². The molecule has 0 aromatic heterocycles. The van der Waals surface area contributed by atoms with Crippen LogP contribution < -0.4 is 5.32 Å². The SMILES string of the molecule is COC(=O)c1ccc(CNC(=O)COC(=O)C[C@H]2C=CCC2)cc1. The fraction of sp³-hybridized carbons (Fsp3) is 0.389. The van der Waals surface area contributed by atoms with Crippen molar-refractivity contribution in [3.05, 3.63) is 47.5 Å². The molecule has 0 heterocycles. The molecule has 1 atom stereocenters. The summed E-state index contributed by atoms with van der Waals surface area (Å²) in [6, 6.07) is 6.71. The van der Waals surface area contributed by atoms with Crippen LogP contribution in [0.5, 0.6) is 0 Å². The zero-order chi connectivity index (χ0) is 17.4. The van der Waals surface area contributed by atoms with Crippen molar-refractivity contribution in [2.45, 2.75) is 25.8 Å². The number of esters is 2. The first-order valence-corrected chi connectivity index (χ1v) is 7.84. The number of ether oxygens (including phenoxy) is 2. The Morgan fingerprint density at radius 1 is 1.21 bits per heavy atom. The Balaban J connectivity index is 1.68. The lowest BCUT2D eigenvalue weighted by Crippen LogP contribution is -2.28. The van der Waals surface area contributed by atoms with Gasteiger partial charge in [-0.25, -0.2) is 4.79 Å². The molecule has 0 unspecified atom stereocenters. The van der Waals surface area contributed by atoms with E-state index < -0.39 is 5.97 Å². The normalized spacial score (nSPS) is 15.8. The smallest absolute Gasteiger partial charge is 0.337 e. The highest BCUT2D eigenvalue weighted by Crippen LogP contribution is 2.20. The zero-order valence-corrected chi connectivity index (χ0v) is 13.6. The van der Waals surface area contributed by atoms with Crippen molar-refractivity contribution in [3.63, 3.8) is 0 Å². The predicted octanol–water partition coefficient (Wildman–Crippen LogP) is 1.99. The van der Waals surface area contributed by atoms with Gasteiger partial charge in [-0.05, 0) is 36.5 Å². The number of nitrogens with one attached hydrogen (secondary N) is 1. The van der Waals surface area contributed by atoms with Gasteiger partial charge in [0.2, 0.25) is 0 Å². The summed E-state index contributed by atoms with van der Waals surface area (Å²) in [4.78, 5) is 34.6. The molecule has 0 spiro atoms. The molecule has 0 fully saturated rings. The summed E-state index contributed by atoms with van der Waals surface area (Å²) in [5.74, 6) is -0.894. The first kappa shape index (κ1) is 17.7. The summed E-state index contributed by atoms with van der Waals surface area (Å²) in [7, 11) is 1.32. The average molecular weight is 331 g/mol. The van der Waals surface area contributed by atoms with Gasteiger partial charge in [0.25, 0.3) is 5.91 Å². The van der Waals surface area contributed by atoms with E-state index in [1.165, 1.54) is 7.11 Å². The fourth-order valence-corrected chi connectivity index (χ4v) is 2.41. The largest absolute Gasteiger partial charge is 0.465 e. The number of hydrogen-bond acceptors (Lipinski definition) is 5. The third-order valence-electron chi connectivity index (χ3n) is 3.77. The van der Waals surface area contributed by atoms with Crippen molar-refractivity contribution in [2.24, 2.45) is 5.92 Å². The second-order valence-electron chi connectivity index (χ2n) is 5.60. The molecular weight excluding hydrogens is 310 g/mol. The molecule has 6 nitrogen and oxygen atoms in total. The molecule has 1 N–H and O–H groups in total. The maximum atomic E-state index is 11.7. The van der Waals surface area contributed by atoms with Crippen LogP contribution in [0.3, 0.4) is 0 Å². The van der Waals surface area contributed by atoms with Crippen molar-refractivity contribution in [1.29, 1.82) is 0 Å². The molecule has 1 aromatic carbocycles. The number of rotatable bonds is 7. The number of hydrogen-bond donors (Lipinski definition) is 1. The highest BCUT2D eigenvalue weighted by Gasteiger charge is 2.15. The third-order valence-corrected chi connectivity index (χ3v) is 3.77. The Hall–Kier alpha value is -2.63. The molecule has 6 heteroatoms. The van der Waals surface area contributed by atoms with Gasteiger partial charge in [0.1, 0.15) is 0 Å². The highest BCUT2D eigenvalue weighted by molar-refractivity contribution is 5.89. The van der Waals surface area contributed by atoms with E-state index in [1.54, 1.807) is 24.3 Å². The van der Waals surface area contributed by atoms with Gasteiger partial charge < -0.3 is 14.8 Å². The molecule has 1 aliphatic carbocycles. The quantitative estimate of drug-likeness (QED) is 0.610. The molecular formula is C18H21NO5. The van der Waals surface area contributed by atoms with Crippen molar-refractivity contribution < 1.29 is 23.9 Å². The lowest BCUT2D eigenvalue weighted by atomic mass is 10.1. The van der Waals surface area contributed by atoms with Gasteiger partial charge in [-0.1, -0.05) is 24.3 Å². The molecule has 1 aromatic rings. The summed E-state index contributed by atoms with van der Waals surface area (Å²) in [5, 5.41) is 2.66. The molecule has 0 saturated carbocycles. The van der Waals surface area contributed by atoms with E-state index in [0.29, 0.717) is 18.5 Å². The molecule has 2 rings (SSSR count).